The van der Waals surface area contributed by atoms with Crippen molar-refractivity contribution in [2.24, 2.45) is 7.05 Å². The summed E-state index contributed by atoms with van der Waals surface area (Å²) in [7, 11) is 1.92. The molecule has 2 aromatic rings. The Morgan fingerprint density at radius 2 is 1.97 bits per heavy atom. The fraction of sp³-hybridized carbons (Fsp3) is 0.591. The number of aryl methyl sites for hydroxylation is 2. The van der Waals surface area contributed by atoms with Gasteiger partial charge in [0.25, 0.3) is 0 Å². The highest BCUT2D eigenvalue weighted by Crippen LogP contribution is 2.31. The SMILES string of the molecule is Cn1cc([C@H]2[C@H](CN3CCCCC3)OCCN2C(=O)CCc2ccncc2)cn1. The Bertz CT molecular complexity index is 788. The minimum Gasteiger partial charge on any atom is -0.373 e. The third-order valence-corrected chi connectivity index (χ3v) is 6.00. The van der Waals surface area contributed by atoms with E-state index in [4.69, 9.17) is 4.74 Å². The topological polar surface area (TPSA) is 63.5 Å². The molecule has 7 heteroatoms. The maximum absolute atomic E-state index is 13.2. The van der Waals surface area contributed by atoms with Crippen LogP contribution < -0.4 is 0 Å². The number of pyridine rings is 1. The number of hydrogen-bond acceptors (Lipinski definition) is 5. The molecule has 0 N–H and O–H groups in total. The average molecular weight is 398 g/mol. The Balaban J connectivity index is 1.49. The number of morpholine rings is 1. The molecule has 0 spiro atoms. The standard InChI is InChI=1S/C22H31N5O2/c1-25-16-19(15-24-25)22-20(17-26-11-3-2-4-12-26)29-14-13-27(22)21(28)6-5-18-7-9-23-10-8-18/h7-10,15-16,20,22H,2-6,11-14,17H2,1H3/t20-,22-/m0/s1. The van der Waals surface area contributed by atoms with Gasteiger partial charge in [-0.05, 0) is 50.0 Å². The second-order valence-corrected chi connectivity index (χ2v) is 8.11. The molecule has 2 saturated heterocycles. The number of nitrogens with zero attached hydrogens (tertiary/aromatic N) is 5. The number of aromatic nitrogens is 3. The van der Waals surface area contributed by atoms with Gasteiger partial charge in [0.15, 0.2) is 0 Å². The molecule has 2 atom stereocenters. The van der Waals surface area contributed by atoms with Crippen molar-refractivity contribution in [2.75, 3.05) is 32.8 Å². The van der Waals surface area contributed by atoms with Crippen LogP contribution in [0.15, 0.2) is 36.9 Å². The van der Waals surface area contributed by atoms with E-state index in [2.05, 4.69) is 15.0 Å². The molecule has 2 aromatic heterocycles. The van der Waals surface area contributed by atoms with Crippen LogP contribution in [0.4, 0.5) is 0 Å². The summed E-state index contributed by atoms with van der Waals surface area (Å²) in [6.07, 6.45) is 12.5. The molecule has 2 fully saturated rings. The lowest BCUT2D eigenvalue weighted by atomic mass is 9.98. The summed E-state index contributed by atoms with van der Waals surface area (Å²) >= 11 is 0. The summed E-state index contributed by atoms with van der Waals surface area (Å²) in [5, 5.41) is 4.36. The zero-order valence-corrected chi connectivity index (χ0v) is 17.2. The summed E-state index contributed by atoms with van der Waals surface area (Å²) in [5.41, 5.74) is 2.20. The summed E-state index contributed by atoms with van der Waals surface area (Å²) < 4.78 is 8.03. The quantitative estimate of drug-likeness (QED) is 0.748. The minimum absolute atomic E-state index is 0.0177. The van der Waals surface area contributed by atoms with Crippen molar-refractivity contribution in [1.29, 1.82) is 0 Å². The maximum Gasteiger partial charge on any atom is 0.223 e. The highest BCUT2D eigenvalue weighted by molar-refractivity contribution is 5.77. The van der Waals surface area contributed by atoms with Crippen molar-refractivity contribution in [2.45, 2.75) is 44.2 Å². The zero-order chi connectivity index (χ0) is 20.1. The Morgan fingerprint density at radius 3 is 2.69 bits per heavy atom. The molecule has 0 aliphatic carbocycles. The lowest BCUT2D eigenvalue weighted by Crippen LogP contribution is -2.52. The van der Waals surface area contributed by atoms with Crippen LogP contribution >= 0.6 is 0 Å². The van der Waals surface area contributed by atoms with Crippen LogP contribution in [0.1, 0.15) is 42.9 Å². The predicted molar refractivity (Wildman–Crippen MR) is 110 cm³/mol. The first-order valence-corrected chi connectivity index (χ1v) is 10.7. The molecule has 0 aromatic carbocycles. The molecule has 2 aliphatic rings. The molecule has 0 radical (unpaired) electrons. The van der Waals surface area contributed by atoms with Crippen molar-refractivity contribution >= 4 is 5.91 Å². The van der Waals surface area contributed by atoms with E-state index in [0.29, 0.717) is 19.6 Å². The van der Waals surface area contributed by atoms with Crippen LogP contribution in [0.25, 0.3) is 0 Å². The van der Waals surface area contributed by atoms with E-state index in [-0.39, 0.29) is 18.1 Å². The number of piperidine rings is 1. The van der Waals surface area contributed by atoms with Crippen molar-refractivity contribution in [3.05, 3.63) is 48.0 Å². The van der Waals surface area contributed by atoms with E-state index >= 15 is 0 Å². The fourth-order valence-corrected chi connectivity index (χ4v) is 4.49. The average Bonchev–Trinajstić information content (AvgIpc) is 3.19. The van der Waals surface area contributed by atoms with Crippen molar-refractivity contribution in [3.63, 3.8) is 0 Å². The second-order valence-electron chi connectivity index (χ2n) is 8.11. The Morgan fingerprint density at radius 1 is 1.17 bits per heavy atom. The first-order valence-electron chi connectivity index (χ1n) is 10.7. The first-order chi connectivity index (χ1) is 14.2. The molecule has 4 rings (SSSR count). The number of hydrogen-bond donors (Lipinski definition) is 0. The molecule has 7 nitrogen and oxygen atoms in total. The summed E-state index contributed by atoms with van der Waals surface area (Å²) in [4.78, 5) is 21.8. The largest absolute Gasteiger partial charge is 0.373 e. The molecular weight excluding hydrogens is 366 g/mol. The molecule has 4 heterocycles. The van der Waals surface area contributed by atoms with Crippen molar-refractivity contribution in [1.82, 2.24) is 24.6 Å². The molecule has 1 amide bonds. The van der Waals surface area contributed by atoms with Gasteiger partial charge in [-0.2, -0.15) is 5.10 Å². The normalized spacial score (nSPS) is 23.3. The molecule has 0 unspecified atom stereocenters. The zero-order valence-electron chi connectivity index (χ0n) is 17.2. The molecule has 0 saturated carbocycles. The van der Waals surface area contributed by atoms with Gasteiger partial charge in [0.2, 0.25) is 5.91 Å². The molecule has 29 heavy (non-hydrogen) atoms. The number of rotatable bonds is 6. The van der Waals surface area contributed by atoms with Gasteiger partial charge < -0.3 is 14.5 Å². The summed E-state index contributed by atoms with van der Waals surface area (Å²) in [6.45, 7) is 4.33. The van der Waals surface area contributed by atoms with Crippen LogP contribution in [0.2, 0.25) is 0 Å². The van der Waals surface area contributed by atoms with E-state index in [0.717, 1.165) is 37.2 Å². The summed E-state index contributed by atoms with van der Waals surface area (Å²) in [6, 6.07) is 3.87. The lowest BCUT2D eigenvalue weighted by molar-refractivity contribution is -0.148. The van der Waals surface area contributed by atoms with E-state index in [1.165, 1.54) is 19.3 Å². The molecule has 2 aliphatic heterocycles. The van der Waals surface area contributed by atoms with Gasteiger partial charge in [-0.3, -0.25) is 14.5 Å². The smallest absolute Gasteiger partial charge is 0.223 e. The number of likely N-dealkylation sites (tertiary alicyclic amines) is 1. The summed E-state index contributed by atoms with van der Waals surface area (Å²) in [5.74, 6) is 0.183. The van der Waals surface area contributed by atoms with Gasteiger partial charge in [-0.15, -0.1) is 0 Å². The third-order valence-electron chi connectivity index (χ3n) is 6.00. The van der Waals surface area contributed by atoms with E-state index in [9.17, 15) is 4.79 Å². The number of ether oxygens (including phenoxy) is 1. The number of carbonyl (C=O) groups is 1. The van der Waals surface area contributed by atoms with Crippen LogP contribution in [0.3, 0.4) is 0 Å². The van der Waals surface area contributed by atoms with E-state index < -0.39 is 0 Å². The van der Waals surface area contributed by atoms with E-state index in [1.54, 1.807) is 12.4 Å². The number of carbonyl (C=O) groups excluding carboxylic acids is 1. The highest BCUT2D eigenvalue weighted by atomic mass is 16.5. The van der Waals surface area contributed by atoms with Gasteiger partial charge in [-0.1, -0.05) is 6.42 Å². The van der Waals surface area contributed by atoms with Gasteiger partial charge in [0, 0.05) is 50.7 Å². The Kier molecular flexibility index (Phi) is 6.56. The van der Waals surface area contributed by atoms with Crippen LogP contribution in [-0.4, -0.2) is 69.4 Å². The van der Waals surface area contributed by atoms with Gasteiger partial charge in [-0.25, -0.2) is 0 Å². The van der Waals surface area contributed by atoms with Crippen LogP contribution in [0, 0.1) is 0 Å². The van der Waals surface area contributed by atoms with Gasteiger partial charge in [0.05, 0.1) is 24.9 Å². The monoisotopic (exact) mass is 397 g/mol. The molecule has 0 bridgehead atoms. The minimum atomic E-state index is -0.0793. The van der Waals surface area contributed by atoms with Crippen molar-refractivity contribution < 1.29 is 9.53 Å². The first kappa shape index (κ1) is 20.0. The molecule has 156 valence electrons. The van der Waals surface area contributed by atoms with Crippen molar-refractivity contribution in [3.8, 4) is 0 Å². The van der Waals surface area contributed by atoms with Gasteiger partial charge >= 0.3 is 0 Å². The van der Waals surface area contributed by atoms with Gasteiger partial charge in [0.1, 0.15) is 0 Å². The fourth-order valence-electron chi connectivity index (χ4n) is 4.49. The highest BCUT2D eigenvalue weighted by Gasteiger charge is 2.37. The van der Waals surface area contributed by atoms with Crippen LogP contribution in [0.5, 0.6) is 0 Å². The predicted octanol–water partition coefficient (Wildman–Crippen LogP) is 2.20. The van der Waals surface area contributed by atoms with Crippen LogP contribution in [-0.2, 0) is 23.0 Å². The Labute approximate surface area is 172 Å². The third kappa shape index (κ3) is 5.03. The lowest BCUT2D eigenvalue weighted by Gasteiger charge is -2.43. The number of amides is 1. The molecular formula is C22H31N5O2. The maximum atomic E-state index is 13.2. The Hall–Kier alpha value is -2.25. The van der Waals surface area contributed by atoms with E-state index in [1.807, 2.05) is 41.2 Å². The second kappa shape index (κ2) is 9.50.